The van der Waals surface area contributed by atoms with Crippen LogP contribution in [0.2, 0.25) is 0 Å². The minimum atomic E-state index is 0.0727. The zero-order valence-electron chi connectivity index (χ0n) is 12.4. The maximum absolute atomic E-state index is 12.7. The Labute approximate surface area is 124 Å². The number of ether oxygens (including phenoxy) is 1. The van der Waals surface area contributed by atoms with Crippen LogP contribution in [0.5, 0.6) is 5.75 Å². The Morgan fingerprint density at radius 3 is 2.81 bits per heavy atom. The molecule has 2 aromatic rings. The van der Waals surface area contributed by atoms with Crippen molar-refractivity contribution in [3.05, 3.63) is 58.7 Å². The van der Waals surface area contributed by atoms with Gasteiger partial charge in [0.05, 0.1) is 7.11 Å². The Kier molecular flexibility index (Phi) is 3.65. The van der Waals surface area contributed by atoms with Gasteiger partial charge >= 0.3 is 0 Å². The number of carbonyl (C=O) groups excluding carboxylic acids is 1. The first-order valence-corrected chi connectivity index (χ1v) is 7.25. The molecule has 108 valence electrons. The largest absolute Gasteiger partial charge is 0.497 e. The molecule has 2 aromatic carbocycles. The summed E-state index contributed by atoms with van der Waals surface area (Å²) in [4.78, 5) is 12.7. The molecule has 1 aliphatic heterocycles. The Hall–Kier alpha value is -2.29. The molecular weight excluding hydrogens is 262 g/mol. The third-order valence-corrected chi connectivity index (χ3v) is 3.98. The average Bonchev–Trinajstić information content (AvgIpc) is 2.53. The van der Waals surface area contributed by atoms with E-state index in [9.17, 15) is 4.79 Å². The number of hydrogen-bond donors (Lipinski definition) is 1. The van der Waals surface area contributed by atoms with Crippen molar-refractivity contribution in [1.82, 2.24) is 0 Å². The highest BCUT2D eigenvalue weighted by Crippen LogP contribution is 2.25. The molecule has 0 radical (unpaired) electrons. The first-order chi connectivity index (χ1) is 10.2. The molecule has 0 aliphatic carbocycles. The van der Waals surface area contributed by atoms with Crippen LogP contribution in [0, 0.1) is 6.92 Å². The van der Waals surface area contributed by atoms with Gasteiger partial charge in [-0.1, -0.05) is 0 Å². The van der Waals surface area contributed by atoms with Gasteiger partial charge in [-0.25, -0.2) is 0 Å². The lowest BCUT2D eigenvalue weighted by molar-refractivity contribution is 0.103. The normalized spacial score (nSPS) is 13.2. The average molecular weight is 281 g/mol. The van der Waals surface area contributed by atoms with E-state index in [1.165, 1.54) is 5.56 Å². The Balaban J connectivity index is 1.95. The topological polar surface area (TPSA) is 38.3 Å². The number of anilines is 1. The summed E-state index contributed by atoms with van der Waals surface area (Å²) in [5.74, 6) is 0.849. The number of ketones is 1. The smallest absolute Gasteiger partial charge is 0.193 e. The predicted molar refractivity (Wildman–Crippen MR) is 84.4 cm³/mol. The van der Waals surface area contributed by atoms with E-state index in [0.29, 0.717) is 0 Å². The van der Waals surface area contributed by atoms with Crippen LogP contribution >= 0.6 is 0 Å². The highest BCUT2D eigenvalue weighted by molar-refractivity contribution is 6.10. The SMILES string of the molecule is COc1ccc(C(=O)c2ccc3c(c2)CCCN3)c(C)c1. The molecule has 0 saturated heterocycles. The van der Waals surface area contributed by atoms with Gasteiger partial charge in [-0.2, -0.15) is 0 Å². The second-order valence-corrected chi connectivity index (χ2v) is 5.41. The van der Waals surface area contributed by atoms with E-state index in [-0.39, 0.29) is 5.78 Å². The molecule has 0 fully saturated rings. The summed E-state index contributed by atoms with van der Waals surface area (Å²) < 4.78 is 5.19. The molecule has 21 heavy (non-hydrogen) atoms. The molecular formula is C18H19NO2. The fourth-order valence-electron chi connectivity index (χ4n) is 2.79. The lowest BCUT2D eigenvalue weighted by Gasteiger charge is -2.18. The number of fused-ring (bicyclic) bond motifs is 1. The number of hydrogen-bond acceptors (Lipinski definition) is 3. The second kappa shape index (κ2) is 5.60. The molecule has 1 aliphatic rings. The van der Waals surface area contributed by atoms with Crippen molar-refractivity contribution in [2.45, 2.75) is 19.8 Å². The molecule has 3 nitrogen and oxygen atoms in total. The molecule has 0 aromatic heterocycles. The quantitative estimate of drug-likeness (QED) is 0.874. The van der Waals surface area contributed by atoms with Gasteiger partial charge in [0.25, 0.3) is 0 Å². The standard InChI is InChI=1S/C18H19NO2/c1-12-10-15(21-2)6-7-16(12)18(20)14-5-8-17-13(11-14)4-3-9-19-17/h5-8,10-11,19H,3-4,9H2,1-2H3. The van der Waals surface area contributed by atoms with Crippen molar-refractivity contribution < 1.29 is 9.53 Å². The van der Waals surface area contributed by atoms with E-state index >= 15 is 0 Å². The fraction of sp³-hybridized carbons (Fsp3) is 0.278. The van der Waals surface area contributed by atoms with E-state index < -0.39 is 0 Å². The van der Waals surface area contributed by atoms with Gasteiger partial charge in [0.2, 0.25) is 0 Å². The van der Waals surface area contributed by atoms with Crippen LogP contribution in [0.3, 0.4) is 0 Å². The molecule has 0 amide bonds. The highest BCUT2D eigenvalue weighted by atomic mass is 16.5. The number of nitrogens with one attached hydrogen (secondary N) is 1. The summed E-state index contributed by atoms with van der Waals surface area (Å²) in [6, 6.07) is 11.5. The zero-order valence-corrected chi connectivity index (χ0v) is 12.4. The predicted octanol–water partition coefficient (Wildman–Crippen LogP) is 3.59. The lowest BCUT2D eigenvalue weighted by Crippen LogP contribution is -2.13. The first kappa shape index (κ1) is 13.7. The third kappa shape index (κ3) is 2.64. The van der Waals surface area contributed by atoms with E-state index in [0.717, 1.165) is 47.5 Å². The number of benzene rings is 2. The van der Waals surface area contributed by atoms with Crippen LogP contribution in [0.1, 0.15) is 33.5 Å². The second-order valence-electron chi connectivity index (χ2n) is 5.41. The van der Waals surface area contributed by atoms with Gasteiger partial charge < -0.3 is 10.1 Å². The van der Waals surface area contributed by atoms with Crippen LogP contribution in [-0.2, 0) is 6.42 Å². The van der Waals surface area contributed by atoms with Crippen LogP contribution in [0.25, 0.3) is 0 Å². The summed E-state index contributed by atoms with van der Waals surface area (Å²) in [6.45, 7) is 2.95. The van der Waals surface area contributed by atoms with Gasteiger partial charge in [-0.15, -0.1) is 0 Å². The van der Waals surface area contributed by atoms with Crippen molar-refractivity contribution in [3.63, 3.8) is 0 Å². The maximum atomic E-state index is 12.7. The molecule has 1 heterocycles. The maximum Gasteiger partial charge on any atom is 0.193 e. The number of aryl methyl sites for hydroxylation is 2. The van der Waals surface area contributed by atoms with Gasteiger partial charge in [0, 0.05) is 23.4 Å². The molecule has 0 unspecified atom stereocenters. The molecule has 0 atom stereocenters. The van der Waals surface area contributed by atoms with E-state index in [1.807, 2.05) is 43.3 Å². The van der Waals surface area contributed by atoms with Crippen molar-refractivity contribution >= 4 is 11.5 Å². The summed E-state index contributed by atoms with van der Waals surface area (Å²) in [7, 11) is 1.63. The van der Waals surface area contributed by atoms with Gasteiger partial charge in [-0.3, -0.25) is 4.79 Å². The summed E-state index contributed by atoms with van der Waals surface area (Å²) >= 11 is 0. The summed E-state index contributed by atoms with van der Waals surface area (Å²) in [6.07, 6.45) is 2.15. The minimum absolute atomic E-state index is 0.0727. The van der Waals surface area contributed by atoms with Crippen molar-refractivity contribution in [3.8, 4) is 5.75 Å². The first-order valence-electron chi connectivity index (χ1n) is 7.25. The lowest BCUT2D eigenvalue weighted by atomic mass is 9.95. The van der Waals surface area contributed by atoms with Crippen LogP contribution in [-0.4, -0.2) is 19.4 Å². The van der Waals surface area contributed by atoms with E-state index in [1.54, 1.807) is 7.11 Å². The van der Waals surface area contributed by atoms with Crippen molar-refractivity contribution in [1.29, 1.82) is 0 Å². The highest BCUT2D eigenvalue weighted by Gasteiger charge is 2.15. The van der Waals surface area contributed by atoms with Crippen LogP contribution in [0.4, 0.5) is 5.69 Å². The molecule has 0 saturated carbocycles. The van der Waals surface area contributed by atoms with Crippen molar-refractivity contribution in [2.24, 2.45) is 0 Å². The molecule has 3 rings (SSSR count). The molecule has 0 bridgehead atoms. The molecule has 3 heteroatoms. The Morgan fingerprint density at radius 2 is 2.05 bits per heavy atom. The minimum Gasteiger partial charge on any atom is -0.497 e. The number of methoxy groups -OCH3 is 1. The van der Waals surface area contributed by atoms with Gasteiger partial charge in [0.15, 0.2) is 5.78 Å². The van der Waals surface area contributed by atoms with E-state index in [2.05, 4.69) is 5.32 Å². The molecule has 1 N–H and O–H groups in total. The number of rotatable bonds is 3. The number of carbonyl (C=O) groups is 1. The van der Waals surface area contributed by atoms with Crippen LogP contribution < -0.4 is 10.1 Å². The fourth-order valence-corrected chi connectivity index (χ4v) is 2.79. The molecule has 0 spiro atoms. The zero-order chi connectivity index (χ0) is 14.8. The Morgan fingerprint density at radius 1 is 1.19 bits per heavy atom. The summed E-state index contributed by atoms with van der Waals surface area (Å²) in [5.41, 5.74) is 4.82. The monoisotopic (exact) mass is 281 g/mol. The third-order valence-electron chi connectivity index (χ3n) is 3.98. The van der Waals surface area contributed by atoms with Gasteiger partial charge in [-0.05, 0) is 67.3 Å². The van der Waals surface area contributed by atoms with E-state index in [4.69, 9.17) is 4.74 Å². The summed E-state index contributed by atoms with van der Waals surface area (Å²) in [5, 5.41) is 3.37. The van der Waals surface area contributed by atoms with Crippen LogP contribution in [0.15, 0.2) is 36.4 Å². The van der Waals surface area contributed by atoms with Gasteiger partial charge in [0.1, 0.15) is 5.75 Å². The Bertz CT molecular complexity index is 692. The van der Waals surface area contributed by atoms with Crippen molar-refractivity contribution in [2.75, 3.05) is 19.0 Å².